The van der Waals surface area contributed by atoms with Gasteiger partial charge in [0, 0.05) is 25.1 Å². The molecule has 6 nitrogen and oxygen atoms in total. The molecule has 0 aliphatic heterocycles. The number of ketones is 1. The van der Waals surface area contributed by atoms with Crippen LogP contribution in [0.15, 0.2) is 16.3 Å². The third kappa shape index (κ3) is 6.07. The van der Waals surface area contributed by atoms with Gasteiger partial charge >= 0.3 is 5.97 Å². The average Bonchev–Trinajstić information content (AvgIpc) is 2.39. The van der Waals surface area contributed by atoms with Crippen molar-refractivity contribution < 1.29 is 19.8 Å². The second-order valence-electron chi connectivity index (χ2n) is 7.78. The van der Waals surface area contributed by atoms with Crippen molar-refractivity contribution in [2.24, 2.45) is 22.1 Å². The van der Waals surface area contributed by atoms with Gasteiger partial charge in [-0.05, 0) is 30.6 Å². The van der Waals surface area contributed by atoms with Crippen LogP contribution in [-0.2, 0) is 9.59 Å². The number of nitrogens with two attached hydrogens (primary N) is 1. The number of aliphatic hydroxyl groups excluding tert-OH is 1. The van der Waals surface area contributed by atoms with Crippen LogP contribution in [0.3, 0.4) is 0 Å². The number of carboxylic acid groups (broad SMARTS) is 1. The highest BCUT2D eigenvalue weighted by Crippen LogP contribution is 2.36. The summed E-state index contributed by atoms with van der Waals surface area (Å²) in [7, 11) is 0. The standard InChI is InChI=1S/C18H30N2O4/c1-11(2)8-13(20-7-5-6-12(19)17(23)24)16-14(21)9-18(3,4)10-15(16)22/h11-12,21H,5-10,19H2,1-4H3,(H,23,24)/t12-/m0/s1. The van der Waals surface area contributed by atoms with Crippen molar-refractivity contribution in [1.82, 2.24) is 0 Å². The number of aliphatic imine (C=N–C) groups is 1. The van der Waals surface area contributed by atoms with Crippen molar-refractivity contribution in [3.8, 4) is 0 Å². The molecular formula is C18H30N2O4. The fourth-order valence-electron chi connectivity index (χ4n) is 2.90. The first kappa shape index (κ1) is 20.4. The van der Waals surface area contributed by atoms with Gasteiger partial charge in [-0.25, -0.2) is 0 Å². The van der Waals surface area contributed by atoms with Crippen LogP contribution in [0.25, 0.3) is 0 Å². The number of carbonyl (C=O) groups excluding carboxylic acids is 1. The number of rotatable bonds is 8. The lowest BCUT2D eigenvalue weighted by molar-refractivity contribution is -0.138. The second-order valence-corrected chi connectivity index (χ2v) is 7.78. The predicted molar refractivity (Wildman–Crippen MR) is 94.3 cm³/mol. The lowest BCUT2D eigenvalue weighted by Gasteiger charge is -2.30. The number of allylic oxidation sites excluding steroid dienone is 2. The number of hydrogen-bond donors (Lipinski definition) is 3. The maximum absolute atomic E-state index is 12.5. The molecule has 1 rings (SSSR count). The van der Waals surface area contributed by atoms with Gasteiger partial charge in [-0.2, -0.15) is 0 Å². The molecule has 0 aromatic rings. The summed E-state index contributed by atoms with van der Waals surface area (Å²) in [6.45, 7) is 8.39. The zero-order valence-electron chi connectivity index (χ0n) is 15.1. The summed E-state index contributed by atoms with van der Waals surface area (Å²) < 4.78 is 0. The minimum atomic E-state index is -1.02. The van der Waals surface area contributed by atoms with E-state index in [1.54, 1.807) is 0 Å². The van der Waals surface area contributed by atoms with Gasteiger partial charge in [0.25, 0.3) is 0 Å². The van der Waals surface area contributed by atoms with Crippen LogP contribution in [0.5, 0.6) is 0 Å². The van der Waals surface area contributed by atoms with Crippen molar-refractivity contribution >= 4 is 17.5 Å². The zero-order valence-corrected chi connectivity index (χ0v) is 15.1. The molecule has 136 valence electrons. The maximum Gasteiger partial charge on any atom is 0.320 e. The van der Waals surface area contributed by atoms with Crippen molar-refractivity contribution in [2.75, 3.05) is 6.54 Å². The molecule has 0 aromatic heterocycles. The SMILES string of the molecule is CC(C)CC(=NCCC[C@H](N)C(=O)O)C1=C(O)CC(C)(C)CC1=O. The van der Waals surface area contributed by atoms with Gasteiger partial charge in [0.15, 0.2) is 5.78 Å². The summed E-state index contributed by atoms with van der Waals surface area (Å²) >= 11 is 0. The highest BCUT2D eigenvalue weighted by atomic mass is 16.4. The molecule has 0 heterocycles. The molecule has 24 heavy (non-hydrogen) atoms. The Labute approximate surface area is 143 Å². The third-order valence-electron chi connectivity index (χ3n) is 4.04. The summed E-state index contributed by atoms with van der Waals surface area (Å²) in [6, 6.07) is -0.890. The normalized spacial score (nSPS) is 19.8. The van der Waals surface area contributed by atoms with E-state index in [9.17, 15) is 14.7 Å². The summed E-state index contributed by atoms with van der Waals surface area (Å²) in [5, 5.41) is 19.1. The molecule has 1 aliphatic carbocycles. The van der Waals surface area contributed by atoms with E-state index in [4.69, 9.17) is 10.8 Å². The lowest BCUT2D eigenvalue weighted by Crippen LogP contribution is -2.30. The van der Waals surface area contributed by atoms with Crippen LogP contribution in [0.2, 0.25) is 0 Å². The number of hydrogen-bond acceptors (Lipinski definition) is 5. The molecule has 0 fully saturated rings. The zero-order chi connectivity index (χ0) is 18.5. The minimum Gasteiger partial charge on any atom is -0.511 e. The first-order chi connectivity index (χ1) is 11.0. The molecule has 0 amide bonds. The Morgan fingerprint density at radius 1 is 1.33 bits per heavy atom. The Hall–Kier alpha value is -1.69. The summed E-state index contributed by atoms with van der Waals surface area (Å²) in [6.07, 6.45) is 2.33. The molecule has 4 N–H and O–H groups in total. The van der Waals surface area contributed by atoms with Gasteiger partial charge in [0.1, 0.15) is 11.8 Å². The van der Waals surface area contributed by atoms with Crippen molar-refractivity contribution in [1.29, 1.82) is 0 Å². The number of carbonyl (C=O) groups is 2. The van der Waals surface area contributed by atoms with E-state index in [0.29, 0.717) is 55.9 Å². The van der Waals surface area contributed by atoms with Gasteiger partial charge < -0.3 is 15.9 Å². The molecule has 0 unspecified atom stereocenters. The van der Waals surface area contributed by atoms with Crippen LogP contribution >= 0.6 is 0 Å². The Kier molecular flexibility index (Phi) is 7.14. The van der Waals surface area contributed by atoms with E-state index in [2.05, 4.69) is 4.99 Å². The number of nitrogens with zero attached hydrogens (tertiary/aromatic N) is 1. The van der Waals surface area contributed by atoms with Crippen LogP contribution in [0.4, 0.5) is 0 Å². The maximum atomic E-state index is 12.5. The Balaban J connectivity index is 2.90. The van der Waals surface area contributed by atoms with E-state index in [-0.39, 0.29) is 17.0 Å². The van der Waals surface area contributed by atoms with Gasteiger partial charge in [-0.3, -0.25) is 14.6 Å². The molecular weight excluding hydrogens is 308 g/mol. The molecule has 0 bridgehead atoms. The number of carboxylic acids is 1. The van der Waals surface area contributed by atoms with Crippen molar-refractivity contribution in [3.63, 3.8) is 0 Å². The molecule has 0 spiro atoms. The van der Waals surface area contributed by atoms with Gasteiger partial charge in [-0.1, -0.05) is 27.7 Å². The van der Waals surface area contributed by atoms with E-state index in [1.807, 2.05) is 27.7 Å². The smallest absolute Gasteiger partial charge is 0.320 e. The van der Waals surface area contributed by atoms with Crippen LogP contribution in [0, 0.1) is 11.3 Å². The van der Waals surface area contributed by atoms with Crippen LogP contribution < -0.4 is 5.73 Å². The number of aliphatic hydroxyl groups is 1. The van der Waals surface area contributed by atoms with Gasteiger partial charge in [0.05, 0.1) is 5.57 Å². The number of Topliss-reactive ketones (excluding diaryl/α,β-unsaturated/α-hetero) is 1. The molecule has 0 saturated carbocycles. The average molecular weight is 338 g/mol. The van der Waals surface area contributed by atoms with E-state index in [1.165, 1.54) is 0 Å². The third-order valence-corrected chi connectivity index (χ3v) is 4.04. The van der Waals surface area contributed by atoms with Crippen LogP contribution in [0.1, 0.15) is 59.8 Å². The minimum absolute atomic E-state index is 0.0645. The van der Waals surface area contributed by atoms with Gasteiger partial charge in [0.2, 0.25) is 0 Å². The van der Waals surface area contributed by atoms with E-state index >= 15 is 0 Å². The van der Waals surface area contributed by atoms with Crippen LogP contribution in [-0.4, -0.2) is 40.3 Å². The quantitative estimate of drug-likeness (QED) is 0.465. The molecule has 0 saturated heterocycles. The highest BCUT2D eigenvalue weighted by Gasteiger charge is 2.35. The number of aliphatic carboxylic acids is 1. The fourth-order valence-corrected chi connectivity index (χ4v) is 2.90. The monoisotopic (exact) mass is 338 g/mol. The molecule has 1 aliphatic rings. The summed E-state index contributed by atoms with van der Waals surface area (Å²) in [5.74, 6) is -0.664. The summed E-state index contributed by atoms with van der Waals surface area (Å²) in [4.78, 5) is 27.7. The molecule has 1 atom stereocenters. The Morgan fingerprint density at radius 3 is 2.46 bits per heavy atom. The fraction of sp³-hybridized carbons (Fsp3) is 0.722. The van der Waals surface area contributed by atoms with Crippen molar-refractivity contribution in [3.05, 3.63) is 11.3 Å². The Bertz CT molecular complexity index is 547. The summed E-state index contributed by atoms with van der Waals surface area (Å²) in [5.41, 5.74) is 6.24. The Morgan fingerprint density at radius 2 is 1.96 bits per heavy atom. The molecule has 0 radical (unpaired) electrons. The highest BCUT2D eigenvalue weighted by molar-refractivity contribution is 6.23. The van der Waals surface area contributed by atoms with E-state index < -0.39 is 12.0 Å². The topological polar surface area (TPSA) is 113 Å². The lowest BCUT2D eigenvalue weighted by atomic mass is 9.75. The largest absolute Gasteiger partial charge is 0.511 e. The second kappa shape index (κ2) is 8.42. The van der Waals surface area contributed by atoms with Crippen molar-refractivity contribution in [2.45, 2.75) is 65.8 Å². The molecule has 6 heteroatoms. The first-order valence-electron chi connectivity index (χ1n) is 8.51. The predicted octanol–water partition coefficient (Wildman–Crippen LogP) is 2.87. The van der Waals surface area contributed by atoms with Gasteiger partial charge in [-0.15, -0.1) is 0 Å². The first-order valence-corrected chi connectivity index (χ1v) is 8.51. The van der Waals surface area contributed by atoms with E-state index in [0.717, 1.165) is 0 Å². The molecule has 0 aromatic carbocycles.